The van der Waals surface area contributed by atoms with E-state index >= 15 is 0 Å². The topological polar surface area (TPSA) is 112 Å². The van der Waals surface area contributed by atoms with E-state index in [-0.39, 0.29) is 16.6 Å². The Balaban J connectivity index is 1.59. The van der Waals surface area contributed by atoms with Crippen LogP contribution in [0.2, 0.25) is 0 Å². The molecular formula is C20H20N4O5S. The van der Waals surface area contributed by atoms with E-state index < -0.39 is 11.8 Å². The minimum atomic E-state index is -0.448. The van der Waals surface area contributed by atoms with E-state index in [0.29, 0.717) is 22.9 Å². The lowest BCUT2D eigenvalue weighted by Gasteiger charge is -2.09. The number of ether oxygens (including phenoxy) is 3. The number of rotatable bonds is 8. The molecule has 3 rings (SSSR count). The summed E-state index contributed by atoms with van der Waals surface area (Å²) in [7, 11) is 4.66. The Kier molecular flexibility index (Phi) is 6.81. The summed E-state index contributed by atoms with van der Waals surface area (Å²) in [4.78, 5) is 24.7. The van der Waals surface area contributed by atoms with Gasteiger partial charge in [0, 0.05) is 12.2 Å². The van der Waals surface area contributed by atoms with Gasteiger partial charge in [-0.1, -0.05) is 17.4 Å². The van der Waals surface area contributed by atoms with Crippen LogP contribution in [0.1, 0.15) is 25.2 Å². The maximum absolute atomic E-state index is 12.4. The van der Waals surface area contributed by atoms with Crippen molar-refractivity contribution in [2.75, 3.05) is 26.6 Å². The third kappa shape index (κ3) is 5.03. The quantitative estimate of drug-likeness (QED) is 0.567. The van der Waals surface area contributed by atoms with E-state index in [2.05, 4.69) is 20.8 Å². The first-order chi connectivity index (χ1) is 14.5. The average molecular weight is 428 g/mol. The van der Waals surface area contributed by atoms with E-state index in [1.807, 2.05) is 6.07 Å². The van der Waals surface area contributed by atoms with Crippen molar-refractivity contribution in [3.63, 3.8) is 0 Å². The van der Waals surface area contributed by atoms with E-state index in [1.54, 1.807) is 57.7 Å². The van der Waals surface area contributed by atoms with Crippen molar-refractivity contribution in [2.24, 2.45) is 0 Å². The molecule has 1 aromatic heterocycles. The SMILES string of the molecule is COc1ccc(NC(=O)c2nnc(C(=O)NCc3ccc(OC)c(OC)c3)s2)cc1. The lowest BCUT2D eigenvalue weighted by molar-refractivity contribution is 0.0948. The average Bonchev–Trinajstić information content (AvgIpc) is 3.28. The largest absolute Gasteiger partial charge is 0.497 e. The predicted molar refractivity (Wildman–Crippen MR) is 112 cm³/mol. The summed E-state index contributed by atoms with van der Waals surface area (Å²) in [5.74, 6) is 0.974. The predicted octanol–water partition coefficient (Wildman–Crippen LogP) is 2.75. The van der Waals surface area contributed by atoms with Crippen LogP contribution in [0, 0.1) is 0 Å². The van der Waals surface area contributed by atoms with Crippen LogP contribution in [0.4, 0.5) is 5.69 Å². The summed E-state index contributed by atoms with van der Waals surface area (Å²) in [5.41, 5.74) is 1.40. The number of methoxy groups -OCH3 is 3. The number of benzene rings is 2. The number of carbonyl (C=O) groups is 2. The molecule has 2 aromatic carbocycles. The molecule has 0 aliphatic carbocycles. The van der Waals surface area contributed by atoms with Gasteiger partial charge in [-0.3, -0.25) is 9.59 Å². The molecule has 9 nitrogen and oxygen atoms in total. The van der Waals surface area contributed by atoms with Gasteiger partial charge in [0.1, 0.15) is 5.75 Å². The maximum atomic E-state index is 12.4. The standard InChI is InChI=1S/C20H20N4O5S/c1-27-14-7-5-13(6-8-14)22-18(26)20-24-23-19(30-20)17(25)21-11-12-4-9-15(28-2)16(10-12)29-3/h4-10H,11H2,1-3H3,(H,21,25)(H,22,26). The van der Waals surface area contributed by atoms with Crippen LogP contribution in [0.5, 0.6) is 17.2 Å². The number of hydrogen-bond donors (Lipinski definition) is 2. The monoisotopic (exact) mass is 428 g/mol. The summed E-state index contributed by atoms with van der Waals surface area (Å²) >= 11 is 0.909. The summed E-state index contributed by atoms with van der Waals surface area (Å²) in [5, 5.41) is 13.2. The van der Waals surface area contributed by atoms with Gasteiger partial charge in [0.2, 0.25) is 10.0 Å². The molecule has 0 bridgehead atoms. The van der Waals surface area contributed by atoms with Gasteiger partial charge in [-0.05, 0) is 42.0 Å². The van der Waals surface area contributed by atoms with Gasteiger partial charge in [0.15, 0.2) is 11.5 Å². The van der Waals surface area contributed by atoms with Crippen LogP contribution in [0.15, 0.2) is 42.5 Å². The van der Waals surface area contributed by atoms with Gasteiger partial charge in [-0.2, -0.15) is 0 Å². The number of hydrogen-bond acceptors (Lipinski definition) is 8. The highest BCUT2D eigenvalue weighted by molar-refractivity contribution is 7.15. The third-order valence-electron chi connectivity index (χ3n) is 4.06. The van der Waals surface area contributed by atoms with Crippen LogP contribution >= 0.6 is 11.3 Å². The van der Waals surface area contributed by atoms with Crippen LogP contribution < -0.4 is 24.8 Å². The number of aromatic nitrogens is 2. The van der Waals surface area contributed by atoms with Gasteiger partial charge in [-0.15, -0.1) is 10.2 Å². The minimum absolute atomic E-state index is 0.0853. The van der Waals surface area contributed by atoms with E-state index in [9.17, 15) is 9.59 Å². The zero-order chi connectivity index (χ0) is 21.5. The Labute approximate surface area is 177 Å². The summed E-state index contributed by atoms with van der Waals surface area (Å²) in [6.07, 6.45) is 0. The lowest BCUT2D eigenvalue weighted by atomic mass is 10.2. The first-order valence-electron chi connectivity index (χ1n) is 8.82. The molecule has 10 heteroatoms. The number of carbonyl (C=O) groups excluding carboxylic acids is 2. The molecule has 156 valence electrons. The zero-order valence-electron chi connectivity index (χ0n) is 16.6. The van der Waals surface area contributed by atoms with Crippen molar-refractivity contribution in [3.05, 3.63) is 58.0 Å². The molecule has 0 unspecified atom stereocenters. The molecule has 3 aromatic rings. The molecule has 30 heavy (non-hydrogen) atoms. The van der Waals surface area contributed by atoms with E-state index in [1.165, 1.54) is 0 Å². The molecule has 2 amide bonds. The Morgan fingerprint density at radius 3 is 2.17 bits per heavy atom. The van der Waals surface area contributed by atoms with Crippen LogP contribution in [0.3, 0.4) is 0 Å². The second-order valence-corrected chi connectivity index (χ2v) is 6.94. The Hall–Kier alpha value is -3.66. The van der Waals surface area contributed by atoms with Crippen molar-refractivity contribution < 1.29 is 23.8 Å². The Bertz CT molecular complexity index is 1040. The summed E-state index contributed by atoms with van der Waals surface area (Å²) in [6, 6.07) is 12.2. The molecule has 1 heterocycles. The van der Waals surface area contributed by atoms with Gasteiger partial charge in [0.05, 0.1) is 21.3 Å². The molecule has 0 fully saturated rings. The van der Waals surface area contributed by atoms with Crippen LogP contribution in [-0.2, 0) is 6.54 Å². The third-order valence-corrected chi connectivity index (χ3v) is 4.98. The smallest absolute Gasteiger partial charge is 0.286 e. The number of nitrogens with zero attached hydrogens (tertiary/aromatic N) is 2. The normalized spacial score (nSPS) is 10.2. The fraction of sp³-hybridized carbons (Fsp3) is 0.200. The van der Waals surface area contributed by atoms with Crippen LogP contribution in [-0.4, -0.2) is 43.3 Å². The molecule has 0 saturated carbocycles. The highest BCUT2D eigenvalue weighted by Crippen LogP contribution is 2.27. The number of nitrogens with one attached hydrogen (secondary N) is 2. The first-order valence-corrected chi connectivity index (χ1v) is 9.63. The van der Waals surface area contributed by atoms with Crippen molar-refractivity contribution in [3.8, 4) is 17.2 Å². The number of anilines is 1. The summed E-state index contributed by atoms with van der Waals surface area (Å²) in [6.45, 7) is 0.256. The maximum Gasteiger partial charge on any atom is 0.286 e. The first kappa shape index (κ1) is 21.1. The zero-order valence-corrected chi connectivity index (χ0v) is 17.4. The van der Waals surface area contributed by atoms with Gasteiger partial charge < -0.3 is 24.8 Å². The molecular weight excluding hydrogens is 408 g/mol. The molecule has 0 saturated heterocycles. The molecule has 0 spiro atoms. The highest BCUT2D eigenvalue weighted by atomic mass is 32.1. The molecule has 0 atom stereocenters. The second-order valence-electron chi connectivity index (χ2n) is 5.97. The second kappa shape index (κ2) is 9.70. The van der Waals surface area contributed by atoms with Crippen molar-refractivity contribution in [1.82, 2.24) is 15.5 Å². The van der Waals surface area contributed by atoms with Crippen molar-refractivity contribution in [2.45, 2.75) is 6.54 Å². The molecule has 2 N–H and O–H groups in total. The highest BCUT2D eigenvalue weighted by Gasteiger charge is 2.18. The van der Waals surface area contributed by atoms with Crippen molar-refractivity contribution >= 4 is 28.8 Å². The molecule has 0 aliphatic rings. The lowest BCUT2D eigenvalue weighted by Crippen LogP contribution is -2.22. The van der Waals surface area contributed by atoms with E-state index in [0.717, 1.165) is 16.9 Å². The fourth-order valence-corrected chi connectivity index (χ4v) is 3.17. The molecule has 0 radical (unpaired) electrons. The van der Waals surface area contributed by atoms with Crippen LogP contribution in [0.25, 0.3) is 0 Å². The van der Waals surface area contributed by atoms with Gasteiger partial charge in [0.25, 0.3) is 11.8 Å². The fourth-order valence-electron chi connectivity index (χ4n) is 2.51. The van der Waals surface area contributed by atoms with E-state index in [4.69, 9.17) is 14.2 Å². The van der Waals surface area contributed by atoms with Gasteiger partial charge in [-0.25, -0.2) is 0 Å². The number of amides is 2. The Morgan fingerprint density at radius 1 is 0.867 bits per heavy atom. The summed E-state index contributed by atoms with van der Waals surface area (Å²) < 4.78 is 15.5. The Morgan fingerprint density at radius 2 is 1.53 bits per heavy atom. The van der Waals surface area contributed by atoms with Gasteiger partial charge >= 0.3 is 0 Å². The molecule has 0 aliphatic heterocycles. The minimum Gasteiger partial charge on any atom is -0.497 e. The van der Waals surface area contributed by atoms with Crippen molar-refractivity contribution in [1.29, 1.82) is 0 Å².